The third-order valence-electron chi connectivity index (χ3n) is 2.10. The fourth-order valence-electron chi connectivity index (χ4n) is 1.27. The Balaban J connectivity index is 0.00000289. The summed E-state index contributed by atoms with van der Waals surface area (Å²) in [5.74, 6) is 0.736. The van der Waals surface area contributed by atoms with Crippen molar-refractivity contribution < 1.29 is 9.53 Å². The van der Waals surface area contributed by atoms with E-state index >= 15 is 0 Å². The predicted octanol–water partition coefficient (Wildman–Crippen LogP) is 2.35. The second-order valence-corrected chi connectivity index (χ2v) is 3.54. The lowest BCUT2D eigenvalue weighted by Gasteiger charge is -2.07. The summed E-state index contributed by atoms with van der Waals surface area (Å²) >= 11 is 0. The number of carbonyl (C=O) groups is 1. The molecule has 1 rings (SSSR count). The molecule has 1 aromatic carbocycles. The Hall–Kier alpha value is -1.52. The minimum Gasteiger partial charge on any atom is -0.492 e. The molecule has 0 bridgehead atoms. The molecule has 0 atom stereocenters. The second-order valence-electron chi connectivity index (χ2n) is 3.54. The zero-order valence-electron chi connectivity index (χ0n) is 10.2. The maximum Gasteiger partial charge on any atom is 0.224 e. The summed E-state index contributed by atoms with van der Waals surface area (Å²) in [6.45, 7) is 4.55. The Kier molecular flexibility index (Phi) is 8.70. The van der Waals surface area contributed by atoms with Crippen molar-refractivity contribution in [3.63, 3.8) is 0 Å². The molecule has 4 nitrogen and oxygen atoms in total. The first kappa shape index (κ1) is 16.5. The molecule has 18 heavy (non-hydrogen) atoms. The van der Waals surface area contributed by atoms with Crippen molar-refractivity contribution >= 4 is 24.0 Å². The van der Waals surface area contributed by atoms with E-state index in [-0.39, 0.29) is 18.3 Å². The number of nitrogens with two attached hydrogens (primary N) is 1. The number of ether oxygens (including phenoxy) is 1. The van der Waals surface area contributed by atoms with Crippen LogP contribution in [0.3, 0.4) is 0 Å². The van der Waals surface area contributed by atoms with E-state index in [1.54, 1.807) is 30.3 Å². The Morgan fingerprint density at radius 3 is 2.61 bits per heavy atom. The van der Waals surface area contributed by atoms with Crippen molar-refractivity contribution in [2.75, 3.05) is 18.5 Å². The fourth-order valence-corrected chi connectivity index (χ4v) is 1.27. The first-order chi connectivity index (χ1) is 8.26. The van der Waals surface area contributed by atoms with Gasteiger partial charge in [-0.05, 0) is 30.7 Å². The van der Waals surface area contributed by atoms with Crippen LogP contribution in [0.5, 0.6) is 5.75 Å². The normalized spacial score (nSPS) is 9.17. The van der Waals surface area contributed by atoms with Crippen LogP contribution in [0, 0.1) is 0 Å². The molecule has 0 saturated carbocycles. The summed E-state index contributed by atoms with van der Waals surface area (Å²) in [6.07, 6.45) is 2.86. The quantitative estimate of drug-likeness (QED) is 0.748. The number of allylic oxidation sites excluding steroid dienone is 1. The summed E-state index contributed by atoms with van der Waals surface area (Å²) in [4.78, 5) is 11.4. The van der Waals surface area contributed by atoms with Crippen molar-refractivity contribution in [2.24, 2.45) is 5.73 Å². The summed E-state index contributed by atoms with van der Waals surface area (Å²) in [6, 6.07) is 7.22. The van der Waals surface area contributed by atoms with Gasteiger partial charge in [-0.2, -0.15) is 0 Å². The van der Waals surface area contributed by atoms with Crippen LogP contribution >= 0.6 is 12.4 Å². The molecule has 100 valence electrons. The molecule has 0 radical (unpaired) electrons. The van der Waals surface area contributed by atoms with Crippen LogP contribution in [0.25, 0.3) is 0 Å². The van der Waals surface area contributed by atoms with Crippen LogP contribution in [-0.4, -0.2) is 19.1 Å². The second kappa shape index (κ2) is 9.50. The molecular formula is C13H19ClN2O2. The molecule has 0 fully saturated rings. The summed E-state index contributed by atoms with van der Waals surface area (Å²) in [5.41, 5.74) is 6.09. The molecule has 0 aliphatic rings. The fraction of sp³-hybridized carbons (Fsp3) is 0.308. The van der Waals surface area contributed by atoms with Crippen LogP contribution in [0.1, 0.15) is 12.8 Å². The average molecular weight is 271 g/mol. The van der Waals surface area contributed by atoms with Gasteiger partial charge >= 0.3 is 0 Å². The molecule has 3 N–H and O–H groups in total. The smallest absolute Gasteiger partial charge is 0.224 e. The molecule has 1 aromatic rings. The third-order valence-corrected chi connectivity index (χ3v) is 2.10. The summed E-state index contributed by atoms with van der Waals surface area (Å²) < 4.78 is 5.33. The maximum atomic E-state index is 11.4. The first-order valence-electron chi connectivity index (χ1n) is 5.60. The Labute approximate surface area is 114 Å². The van der Waals surface area contributed by atoms with Crippen LogP contribution in [0.4, 0.5) is 5.69 Å². The number of amides is 1. The number of halogens is 1. The van der Waals surface area contributed by atoms with Gasteiger partial charge in [-0.15, -0.1) is 19.0 Å². The summed E-state index contributed by atoms with van der Waals surface area (Å²) in [7, 11) is 0. The highest BCUT2D eigenvalue weighted by molar-refractivity contribution is 5.90. The highest BCUT2D eigenvalue weighted by atomic mass is 35.5. The van der Waals surface area contributed by atoms with Crippen LogP contribution in [-0.2, 0) is 4.79 Å². The van der Waals surface area contributed by atoms with Gasteiger partial charge in [0.25, 0.3) is 0 Å². The minimum absolute atomic E-state index is 0. The average Bonchev–Trinajstić information content (AvgIpc) is 2.35. The highest BCUT2D eigenvalue weighted by Gasteiger charge is 2.01. The Morgan fingerprint density at radius 1 is 1.39 bits per heavy atom. The van der Waals surface area contributed by atoms with E-state index in [0.29, 0.717) is 26.0 Å². The standard InChI is InChI=1S/C13H18N2O2.ClH/c1-2-3-4-13(16)15-11-5-7-12(8-6-11)17-10-9-14;/h2,5-8H,1,3-4,9-10,14H2,(H,15,16);1H. The van der Waals surface area contributed by atoms with Gasteiger partial charge in [0.2, 0.25) is 5.91 Å². The van der Waals surface area contributed by atoms with E-state index in [4.69, 9.17) is 10.5 Å². The van der Waals surface area contributed by atoms with Crippen molar-refractivity contribution in [3.8, 4) is 5.75 Å². The van der Waals surface area contributed by atoms with Gasteiger partial charge in [-0.1, -0.05) is 6.08 Å². The molecule has 1 amide bonds. The van der Waals surface area contributed by atoms with E-state index < -0.39 is 0 Å². The van der Waals surface area contributed by atoms with Crippen molar-refractivity contribution in [1.82, 2.24) is 0 Å². The molecule has 0 unspecified atom stereocenters. The van der Waals surface area contributed by atoms with Gasteiger partial charge in [-0.3, -0.25) is 4.79 Å². The topological polar surface area (TPSA) is 64.3 Å². The van der Waals surface area contributed by atoms with Crippen molar-refractivity contribution in [1.29, 1.82) is 0 Å². The van der Waals surface area contributed by atoms with Gasteiger partial charge in [0.05, 0.1) is 0 Å². The lowest BCUT2D eigenvalue weighted by Crippen LogP contribution is -2.11. The Bertz CT molecular complexity index is 366. The zero-order chi connectivity index (χ0) is 12.5. The van der Waals surface area contributed by atoms with Crippen molar-refractivity contribution in [2.45, 2.75) is 12.8 Å². The van der Waals surface area contributed by atoms with Gasteiger partial charge in [0.1, 0.15) is 12.4 Å². The van der Waals surface area contributed by atoms with Gasteiger partial charge in [0.15, 0.2) is 0 Å². The third kappa shape index (κ3) is 6.27. The first-order valence-corrected chi connectivity index (χ1v) is 5.60. The Morgan fingerprint density at radius 2 is 2.06 bits per heavy atom. The molecule has 0 spiro atoms. The van der Waals surface area contributed by atoms with Crippen LogP contribution < -0.4 is 15.8 Å². The number of anilines is 1. The van der Waals surface area contributed by atoms with E-state index in [9.17, 15) is 4.79 Å². The van der Waals surface area contributed by atoms with Crippen molar-refractivity contribution in [3.05, 3.63) is 36.9 Å². The predicted molar refractivity (Wildman–Crippen MR) is 76.3 cm³/mol. The lowest BCUT2D eigenvalue weighted by molar-refractivity contribution is -0.116. The van der Waals surface area contributed by atoms with E-state index in [0.717, 1.165) is 11.4 Å². The SMILES string of the molecule is C=CCCC(=O)Nc1ccc(OCCN)cc1.Cl. The molecule has 5 heteroatoms. The van der Waals surface area contributed by atoms with Gasteiger partial charge in [-0.25, -0.2) is 0 Å². The molecule has 0 saturated heterocycles. The largest absolute Gasteiger partial charge is 0.492 e. The number of benzene rings is 1. The van der Waals surface area contributed by atoms with Gasteiger partial charge in [0, 0.05) is 18.7 Å². The molecule has 0 heterocycles. The van der Waals surface area contributed by atoms with Crippen LogP contribution in [0.2, 0.25) is 0 Å². The number of carbonyl (C=O) groups excluding carboxylic acids is 1. The number of hydrogen-bond donors (Lipinski definition) is 2. The molecular weight excluding hydrogens is 252 g/mol. The van der Waals surface area contributed by atoms with Crippen LogP contribution in [0.15, 0.2) is 36.9 Å². The molecule has 0 aromatic heterocycles. The highest BCUT2D eigenvalue weighted by Crippen LogP contribution is 2.15. The number of nitrogens with one attached hydrogen (secondary N) is 1. The van der Waals surface area contributed by atoms with E-state index in [1.165, 1.54) is 0 Å². The van der Waals surface area contributed by atoms with Gasteiger partial charge < -0.3 is 15.8 Å². The number of hydrogen-bond acceptors (Lipinski definition) is 3. The molecule has 0 aliphatic carbocycles. The number of rotatable bonds is 7. The van der Waals surface area contributed by atoms with E-state index in [1.807, 2.05) is 0 Å². The molecule has 0 aliphatic heterocycles. The maximum absolute atomic E-state index is 11.4. The minimum atomic E-state index is -0.0134. The zero-order valence-corrected chi connectivity index (χ0v) is 11.0. The summed E-state index contributed by atoms with van der Waals surface area (Å²) in [5, 5.41) is 2.79. The van der Waals surface area contributed by atoms with E-state index in [2.05, 4.69) is 11.9 Å². The monoisotopic (exact) mass is 270 g/mol. The lowest BCUT2D eigenvalue weighted by atomic mass is 10.2.